The molecule has 1 aliphatic heterocycles. The quantitative estimate of drug-likeness (QED) is 0.853. The minimum atomic E-state index is -3.44. The van der Waals surface area contributed by atoms with E-state index < -0.39 is 10.0 Å². The van der Waals surface area contributed by atoms with Gasteiger partial charge in [0.25, 0.3) is 0 Å². The van der Waals surface area contributed by atoms with Crippen molar-refractivity contribution in [1.82, 2.24) is 9.71 Å². The fourth-order valence-corrected chi connectivity index (χ4v) is 3.96. The van der Waals surface area contributed by atoms with E-state index >= 15 is 0 Å². The van der Waals surface area contributed by atoms with Gasteiger partial charge in [0.15, 0.2) is 0 Å². The summed E-state index contributed by atoms with van der Waals surface area (Å²) < 4.78 is 32.6. The zero-order chi connectivity index (χ0) is 16.4. The first kappa shape index (κ1) is 16.7. The Labute approximate surface area is 138 Å². The smallest absolute Gasteiger partial charge is 0.242 e. The van der Waals surface area contributed by atoms with Crippen molar-refractivity contribution in [3.63, 3.8) is 0 Å². The maximum Gasteiger partial charge on any atom is 0.242 e. The van der Waals surface area contributed by atoms with Crippen LogP contribution in [0.3, 0.4) is 0 Å². The van der Waals surface area contributed by atoms with Crippen LogP contribution in [0.4, 0.5) is 5.82 Å². The van der Waals surface area contributed by atoms with Crippen LogP contribution in [0.15, 0.2) is 23.2 Å². The molecule has 1 saturated carbocycles. The lowest BCUT2D eigenvalue weighted by Crippen LogP contribution is -2.44. The SMILES string of the molecule is COC1CN(c2ccc(S(=O)(=O)NCC3CC3)cn2)CCC1C. The van der Waals surface area contributed by atoms with Gasteiger partial charge in [-0.25, -0.2) is 18.1 Å². The van der Waals surface area contributed by atoms with Gasteiger partial charge in [-0.3, -0.25) is 0 Å². The van der Waals surface area contributed by atoms with Crippen LogP contribution in [-0.4, -0.2) is 46.2 Å². The summed E-state index contributed by atoms with van der Waals surface area (Å²) in [4.78, 5) is 6.74. The van der Waals surface area contributed by atoms with Crippen molar-refractivity contribution in [1.29, 1.82) is 0 Å². The molecular weight excluding hydrogens is 314 g/mol. The van der Waals surface area contributed by atoms with Crippen molar-refractivity contribution < 1.29 is 13.2 Å². The van der Waals surface area contributed by atoms with Gasteiger partial charge in [0.1, 0.15) is 10.7 Å². The van der Waals surface area contributed by atoms with Gasteiger partial charge in [0.2, 0.25) is 10.0 Å². The number of aromatic nitrogens is 1. The second kappa shape index (κ2) is 6.75. The zero-order valence-electron chi connectivity index (χ0n) is 13.7. The molecule has 0 radical (unpaired) electrons. The first-order valence-electron chi connectivity index (χ1n) is 8.23. The van der Waals surface area contributed by atoms with Gasteiger partial charge >= 0.3 is 0 Å². The third-order valence-corrected chi connectivity index (χ3v) is 6.21. The van der Waals surface area contributed by atoms with E-state index in [1.54, 1.807) is 19.2 Å². The van der Waals surface area contributed by atoms with Crippen LogP contribution in [0.2, 0.25) is 0 Å². The topological polar surface area (TPSA) is 71.5 Å². The zero-order valence-corrected chi connectivity index (χ0v) is 14.6. The average Bonchev–Trinajstić information content (AvgIpc) is 3.38. The summed E-state index contributed by atoms with van der Waals surface area (Å²) in [6.45, 7) is 4.43. The Hall–Kier alpha value is -1.18. The lowest BCUT2D eigenvalue weighted by atomic mass is 9.96. The molecule has 1 aliphatic carbocycles. The van der Waals surface area contributed by atoms with Crippen molar-refractivity contribution >= 4 is 15.8 Å². The number of pyridine rings is 1. The minimum Gasteiger partial charge on any atom is -0.379 e. The molecule has 23 heavy (non-hydrogen) atoms. The van der Waals surface area contributed by atoms with E-state index in [0.717, 1.165) is 38.2 Å². The van der Waals surface area contributed by atoms with E-state index in [-0.39, 0.29) is 11.0 Å². The molecule has 0 amide bonds. The second-order valence-corrected chi connectivity index (χ2v) is 8.40. The van der Waals surface area contributed by atoms with Crippen LogP contribution >= 0.6 is 0 Å². The highest BCUT2D eigenvalue weighted by Crippen LogP contribution is 2.28. The highest BCUT2D eigenvalue weighted by molar-refractivity contribution is 7.89. The molecule has 1 saturated heterocycles. The standard InChI is InChI=1S/C16H25N3O3S/c1-12-7-8-19(11-15(12)22-2)16-6-5-14(10-17-16)23(20,21)18-9-13-3-4-13/h5-6,10,12-13,15,18H,3-4,7-9,11H2,1-2H3. The monoisotopic (exact) mass is 339 g/mol. The molecule has 7 heteroatoms. The minimum absolute atomic E-state index is 0.189. The summed E-state index contributed by atoms with van der Waals surface area (Å²) in [6.07, 6.45) is 4.92. The molecule has 6 nitrogen and oxygen atoms in total. The first-order chi connectivity index (χ1) is 11.0. The lowest BCUT2D eigenvalue weighted by Gasteiger charge is -2.36. The molecular formula is C16H25N3O3S. The van der Waals surface area contributed by atoms with E-state index in [1.807, 2.05) is 0 Å². The van der Waals surface area contributed by atoms with Gasteiger partial charge in [0.05, 0.1) is 6.10 Å². The normalized spacial score (nSPS) is 25.6. The van der Waals surface area contributed by atoms with Crippen molar-refractivity contribution in [3.8, 4) is 0 Å². The van der Waals surface area contributed by atoms with Gasteiger partial charge in [-0.1, -0.05) is 6.92 Å². The molecule has 2 unspecified atom stereocenters. The number of nitrogens with zero attached hydrogens (tertiary/aromatic N) is 2. The Morgan fingerprint density at radius 1 is 1.35 bits per heavy atom. The summed E-state index contributed by atoms with van der Waals surface area (Å²) in [7, 11) is -1.71. The van der Waals surface area contributed by atoms with Crippen LogP contribution in [0.5, 0.6) is 0 Å². The van der Waals surface area contributed by atoms with Gasteiger partial charge in [-0.15, -0.1) is 0 Å². The summed E-state index contributed by atoms with van der Waals surface area (Å²) in [5.74, 6) is 1.85. The van der Waals surface area contributed by atoms with Gasteiger partial charge < -0.3 is 9.64 Å². The third-order valence-electron chi connectivity index (χ3n) is 4.81. The number of hydrogen-bond donors (Lipinski definition) is 1. The summed E-state index contributed by atoms with van der Waals surface area (Å²) in [6, 6.07) is 3.42. The molecule has 0 aromatic carbocycles. The number of nitrogens with one attached hydrogen (secondary N) is 1. The fraction of sp³-hybridized carbons (Fsp3) is 0.688. The van der Waals surface area contributed by atoms with E-state index in [1.165, 1.54) is 6.20 Å². The van der Waals surface area contributed by atoms with Crippen LogP contribution in [0.25, 0.3) is 0 Å². The second-order valence-electron chi connectivity index (χ2n) is 6.63. The van der Waals surface area contributed by atoms with E-state index in [9.17, 15) is 8.42 Å². The predicted octanol–water partition coefficient (Wildman–Crippen LogP) is 1.63. The first-order valence-corrected chi connectivity index (χ1v) is 9.71. The van der Waals surface area contributed by atoms with E-state index in [2.05, 4.69) is 21.5 Å². The summed E-state index contributed by atoms with van der Waals surface area (Å²) in [5.41, 5.74) is 0. The number of ether oxygens (including phenoxy) is 1. The molecule has 1 aromatic heterocycles. The number of hydrogen-bond acceptors (Lipinski definition) is 5. The third kappa shape index (κ3) is 4.02. The van der Waals surface area contributed by atoms with Crippen LogP contribution in [0, 0.1) is 11.8 Å². The highest BCUT2D eigenvalue weighted by atomic mass is 32.2. The van der Waals surface area contributed by atoms with Gasteiger partial charge in [-0.2, -0.15) is 0 Å². The van der Waals surface area contributed by atoms with Gasteiger partial charge in [-0.05, 0) is 43.2 Å². The van der Waals surface area contributed by atoms with Crippen molar-refractivity contribution in [2.75, 3.05) is 31.6 Å². The summed E-state index contributed by atoms with van der Waals surface area (Å²) in [5, 5.41) is 0. The maximum absolute atomic E-state index is 12.2. The molecule has 2 fully saturated rings. The molecule has 1 N–H and O–H groups in total. The largest absolute Gasteiger partial charge is 0.379 e. The number of rotatable bonds is 6. The Kier molecular flexibility index (Phi) is 4.89. The molecule has 2 atom stereocenters. The summed E-state index contributed by atoms with van der Waals surface area (Å²) >= 11 is 0. The van der Waals surface area contributed by atoms with E-state index in [0.29, 0.717) is 18.4 Å². The number of anilines is 1. The van der Waals surface area contributed by atoms with Crippen molar-refractivity contribution in [2.24, 2.45) is 11.8 Å². The molecule has 1 aromatic rings. The fourth-order valence-electron chi connectivity index (χ4n) is 2.90. The molecule has 2 heterocycles. The Morgan fingerprint density at radius 2 is 2.13 bits per heavy atom. The average molecular weight is 339 g/mol. The van der Waals surface area contributed by atoms with Crippen LogP contribution < -0.4 is 9.62 Å². The van der Waals surface area contributed by atoms with Crippen LogP contribution in [0.1, 0.15) is 26.2 Å². The number of sulfonamides is 1. The van der Waals surface area contributed by atoms with Crippen molar-refractivity contribution in [2.45, 2.75) is 37.2 Å². The Balaban J connectivity index is 1.66. The molecule has 0 bridgehead atoms. The molecule has 3 rings (SSSR count). The Bertz CT molecular complexity index is 628. The lowest BCUT2D eigenvalue weighted by molar-refractivity contribution is 0.0496. The maximum atomic E-state index is 12.2. The van der Waals surface area contributed by atoms with Crippen molar-refractivity contribution in [3.05, 3.63) is 18.3 Å². The number of methoxy groups -OCH3 is 1. The Morgan fingerprint density at radius 3 is 2.74 bits per heavy atom. The van der Waals surface area contributed by atoms with Crippen LogP contribution in [-0.2, 0) is 14.8 Å². The predicted molar refractivity (Wildman–Crippen MR) is 88.9 cm³/mol. The number of piperidine rings is 1. The van der Waals surface area contributed by atoms with Gasteiger partial charge in [0, 0.05) is 32.9 Å². The molecule has 2 aliphatic rings. The molecule has 128 valence electrons. The molecule has 0 spiro atoms. The highest BCUT2D eigenvalue weighted by Gasteiger charge is 2.27. The van der Waals surface area contributed by atoms with E-state index in [4.69, 9.17) is 4.74 Å².